The van der Waals surface area contributed by atoms with Gasteiger partial charge in [0.05, 0.1) is 11.0 Å². The fourth-order valence-corrected chi connectivity index (χ4v) is 2.82. The maximum atomic E-state index is 12.6. The van der Waals surface area contributed by atoms with Gasteiger partial charge in [-0.1, -0.05) is 38.1 Å². The summed E-state index contributed by atoms with van der Waals surface area (Å²) in [5.41, 5.74) is 2.85. The van der Waals surface area contributed by atoms with Crippen molar-refractivity contribution in [1.29, 1.82) is 0 Å². The fourth-order valence-electron chi connectivity index (χ4n) is 2.82. The van der Waals surface area contributed by atoms with Gasteiger partial charge in [-0.2, -0.15) is 0 Å². The number of rotatable bonds is 7. The predicted octanol–water partition coefficient (Wildman–Crippen LogP) is 4.63. The van der Waals surface area contributed by atoms with Crippen molar-refractivity contribution in [2.45, 2.75) is 39.7 Å². The molecule has 0 bridgehead atoms. The average Bonchev–Trinajstić information content (AvgIpc) is 2.64. The van der Waals surface area contributed by atoms with E-state index in [-0.39, 0.29) is 30.2 Å². The topological polar surface area (TPSA) is 72.7 Å². The Kier molecular flexibility index (Phi) is 6.55. The third kappa shape index (κ3) is 5.06. The zero-order valence-electron chi connectivity index (χ0n) is 16.4. The number of hydrogen-bond donors (Lipinski definition) is 0. The molecule has 2 rings (SSSR count). The lowest BCUT2D eigenvalue weighted by atomic mass is 10.0. The molecule has 0 spiro atoms. The summed E-state index contributed by atoms with van der Waals surface area (Å²) in [4.78, 5) is 24.6. The Bertz CT molecular complexity index is 833. The molecule has 27 heavy (non-hydrogen) atoms. The van der Waals surface area contributed by atoms with Crippen LogP contribution in [0, 0.1) is 17.0 Å². The second-order valence-electron chi connectivity index (χ2n) is 7.02. The Hall–Kier alpha value is -2.89. The number of carbonyl (C=O) groups excluding carboxylic acids is 1. The van der Waals surface area contributed by atoms with Gasteiger partial charge < -0.3 is 9.64 Å². The molecule has 0 unspecified atom stereocenters. The maximum Gasteiger partial charge on any atom is 0.269 e. The molecule has 0 aliphatic carbocycles. The Morgan fingerprint density at radius 1 is 1.19 bits per heavy atom. The third-order valence-corrected chi connectivity index (χ3v) is 4.68. The highest BCUT2D eigenvalue weighted by molar-refractivity contribution is 5.78. The first kappa shape index (κ1) is 20.4. The Morgan fingerprint density at radius 2 is 1.89 bits per heavy atom. The van der Waals surface area contributed by atoms with Crippen molar-refractivity contribution < 1.29 is 14.5 Å². The molecule has 2 aromatic rings. The number of likely N-dealkylation sites (N-methyl/N-ethyl adjacent to an activating group) is 1. The number of nitro benzene ring substituents is 1. The summed E-state index contributed by atoms with van der Waals surface area (Å²) in [6, 6.07) is 12.0. The normalized spacial score (nSPS) is 11.9. The average molecular weight is 370 g/mol. The molecular formula is C21H26N2O4. The summed E-state index contributed by atoms with van der Waals surface area (Å²) in [6.45, 7) is 7.89. The van der Waals surface area contributed by atoms with E-state index in [1.54, 1.807) is 24.1 Å². The van der Waals surface area contributed by atoms with Crippen LogP contribution in [0.5, 0.6) is 5.75 Å². The van der Waals surface area contributed by atoms with Crippen LogP contribution in [0.4, 0.5) is 5.69 Å². The number of benzene rings is 2. The van der Waals surface area contributed by atoms with E-state index in [9.17, 15) is 14.9 Å². The molecule has 0 saturated carbocycles. The fraction of sp³-hybridized carbons (Fsp3) is 0.381. The predicted molar refractivity (Wildman–Crippen MR) is 105 cm³/mol. The smallest absolute Gasteiger partial charge is 0.269 e. The van der Waals surface area contributed by atoms with Gasteiger partial charge in [-0.3, -0.25) is 14.9 Å². The lowest BCUT2D eigenvalue weighted by molar-refractivity contribution is -0.384. The maximum absolute atomic E-state index is 12.6. The van der Waals surface area contributed by atoms with E-state index in [0.717, 1.165) is 16.9 Å². The Balaban J connectivity index is 2.09. The van der Waals surface area contributed by atoms with Crippen LogP contribution in [0.15, 0.2) is 42.5 Å². The number of non-ortho nitro benzene ring substituents is 1. The molecular weight excluding hydrogens is 344 g/mol. The molecule has 0 N–H and O–H groups in total. The van der Waals surface area contributed by atoms with Crippen molar-refractivity contribution >= 4 is 11.6 Å². The monoisotopic (exact) mass is 370 g/mol. The van der Waals surface area contributed by atoms with Gasteiger partial charge in [0.15, 0.2) is 6.61 Å². The summed E-state index contributed by atoms with van der Waals surface area (Å²) in [5.74, 6) is 0.817. The van der Waals surface area contributed by atoms with Crippen LogP contribution in [0.1, 0.15) is 49.4 Å². The summed E-state index contributed by atoms with van der Waals surface area (Å²) in [6.07, 6.45) is 0. The largest absolute Gasteiger partial charge is 0.483 e. The number of ether oxygens (including phenoxy) is 1. The van der Waals surface area contributed by atoms with Crippen LogP contribution in [-0.2, 0) is 4.79 Å². The SMILES string of the molecule is Cc1ccc(C(C)C)c(OCC(=O)N(C)[C@H](C)c2cccc([N+](=O)[O-])c2)c1. The number of nitrogens with zero attached hydrogens (tertiary/aromatic N) is 2. The van der Waals surface area contributed by atoms with Gasteiger partial charge >= 0.3 is 0 Å². The van der Waals surface area contributed by atoms with Crippen molar-refractivity contribution in [2.75, 3.05) is 13.7 Å². The van der Waals surface area contributed by atoms with E-state index in [4.69, 9.17) is 4.74 Å². The molecule has 0 aliphatic heterocycles. The number of carbonyl (C=O) groups is 1. The highest BCUT2D eigenvalue weighted by atomic mass is 16.6. The highest BCUT2D eigenvalue weighted by Crippen LogP contribution is 2.28. The van der Waals surface area contributed by atoms with Crippen molar-refractivity contribution in [2.24, 2.45) is 0 Å². The molecule has 0 saturated heterocycles. The van der Waals surface area contributed by atoms with Crippen LogP contribution >= 0.6 is 0 Å². The van der Waals surface area contributed by atoms with E-state index >= 15 is 0 Å². The van der Waals surface area contributed by atoms with E-state index in [1.165, 1.54) is 12.1 Å². The molecule has 0 aromatic heterocycles. The lowest BCUT2D eigenvalue weighted by Gasteiger charge is -2.25. The quantitative estimate of drug-likeness (QED) is 0.526. The molecule has 0 heterocycles. The van der Waals surface area contributed by atoms with Crippen molar-refractivity contribution in [3.8, 4) is 5.75 Å². The van der Waals surface area contributed by atoms with E-state index < -0.39 is 4.92 Å². The van der Waals surface area contributed by atoms with Gasteiger partial charge in [-0.05, 0) is 42.5 Å². The number of hydrogen-bond acceptors (Lipinski definition) is 4. The molecule has 6 heteroatoms. The number of nitro groups is 1. The van der Waals surface area contributed by atoms with Gasteiger partial charge in [-0.15, -0.1) is 0 Å². The van der Waals surface area contributed by atoms with Crippen LogP contribution in [0.25, 0.3) is 0 Å². The molecule has 0 aliphatic rings. The zero-order chi connectivity index (χ0) is 20.1. The second kappa shape index (κ2) is 8.66. The van der Waals surface area contributed by atoms with Gasteiger partial charge in [0.25, 0.3) is 11.6 Å². The molecule has 0 fully saturated rings. The zero-order valence-corrected chi connectivity index (χ0v) is 16.4. The first-order valence-electron chi connectivity index (χ1n) is 8.94. The highest BCUT2D eigenvalue weighted by Gasteiger charge is 2.20. The molecule has 1 amide bonds. The lowest BCUT2D eigenvalue weighted by Crippen LogP contribution is -2.33. The summed E-state index contributed by atoms with van der Waals surface area (Å²) in [7, 11) is 1.68. The Morgan fingerprint density at radius 3 is 2.52 bits per heavy atom. The van der Waals surface area contributed by atoms with Gasteiger partial charge in [-0.25, -0.2) is 0 Å². The third-order valence-electron chi connectivity index (χ3n) is 4.68. The summed E-state index contributed by atoms with van der Waals surface area (Å²) in [5, 5.41) is 11.0. The summed E-state index contributed by atoms with van der Waals surface area (Å²) >= 11 is 0. The molecule has 144 valence electrons. The number of amides is 1. The molecule has 6 nitrogen and oxygen atoms in total. The van der Waals surface area contributed by atoms with E-state index in [0.29, 0.717) is 5.56 Å². The second-order valence-corrected chi connectivity index (χ2v) is 7.02. The van der Waals surface area contributed by atoms with Crippen LogP contribution in [-0.4, -0.2) is 29.4 Å². The van der Waals surface area contributed by atoms with E-state index in [2.05, 4.69) is 13.8 Å². The van der Waals surface area contributed by atoms with Gasteiger partial charge in [0.1, 0.15) is 5.75 Å². The van der Waals surface area contributed by atoms with Crippen molar-refractivity contribution in [3.63, 3.8) is 0 Å². The molecule has 1 atom stereocenters. The molecule has 2 aromatic carbocycles. The number of aryl methyl sites for hydroxylation is 1. The standard InChI is InChI=1S/C21H26N2O4/c1-14(2)19-10-9-15(3)11-20(19)27-13-21(24)22(5)16(4)17-7-6-8-18(12-17)23(25)26/h6-12,14,16H,13H2,1-5H3/t16-/m1/s1. The minimum atomic E-state index is -0.438. The molecule has 0 radical (unpaired) electrons. The first-order chi connectivity index (χ1) is 12.7. The Labute approximate surface area is 159 Å². The van der Waals surface area contributed by atoms with Crippen LogP contribution in [0.2, 0.25) is 0 Å². The minimum Gasteiger partial charge on any atom is -0.483 e. The van der Waals surface area contributed by atoms with Crippen LogP contribution in [0.3, 0.4) is 0 Å². The van der Waals surface area contributed by atoms with Crippen molar-refractivity contribution in [3.05, 3.63) is 69.3 Å². The van der Waals surface area contributed by atoms with E-state index in [1.807, 2.05) is 32.0 Å². The van der Waals surface area contributed by atoms with Gasteiger partial charge in [0.2, 0.25) is 0 Å². The van der Waals surface area contributed by atoms with Crippen LogP contribution < -0.4 is 4.74 Å². The first-order valence-corrected chi connectivity index (χ1v) is 8.94. The van der Waals surface area contributed by atoms with Crippen molar-refractivity contribution in [1.82, 2.24) is 4.90 Å². The minimum absolute atomic E-state index is 0.0118. The summed E-state index contributed by atoms with van der Waals surface area (Å²) < 4.78 is 5.81. The van der Waals surface area contributed by atoms with Gasteiger partial charge in [0, 0.05) is 19.2 Å².